The highest BCUT2D eigenvalue weighted by Gasteiger charge is 2.13. The Morgan fingerprint density at radius 3 is 1.18 bits per heavy atom. The van der Waals surface area contributed by atoms with Gasteiger partial charge in [0.2, 0.25) is 0 Å². The van der Waals surface area contributed by atoms with E-state index >= 15 is 0 Å². The molecule has 0 heterocycles. The molecule has 17 heavy (non-hydrogen) atoms. The lowest BCUT2D eigenvalue weighted by molar-refractivity contribution is -0.105. The van der Waals surface area contributed by atoms with Crippen LogP contribution in [0.4, 0.5) is 0 Å². The molecule has 0 aliphatic rings. The second kappa shape index (κ2) is 10.7. The Morgan fingerprint density at radius 1 is 0.941 bits per heavy atom. The monoisotopic (exact) mass is 303 g/mol. The zero-order valence-electron chi connectivity index (χ0n) is 9.10. The van der Waals surface area contributed by atoms with E-state index in [4.69, 9.17) is 14.3 Å². The van der Waals surface area contributed by atoms with Crippen molar-refractivity contribution in [2.45, 2.75) is 19.9 Å². The summed E-state index contributed by atoms with van der Waals surface area (Å²) in [7, 11) is -10.0. The van der Waals surface area contributed by atoms with Crippen LogP contribution in [0.2, 0.25) is 0 Å². The third kappa shape index (κ3) is 39.0. The summed E-state index contributed by atoms with van der Waals surface area (Å²) >= 11 is 0. The first-order chi connectivity index (χ1) is 6.48. The topological polar surface area (TPSA) is 229 Å². The van der Waals surface area contributed by atoms with E-state index in [1.807, 2.05) is 19.3 Å². The Labute approximate surface area is 98.9 Å². The van der Waals surface area contributed by atoms with Crippen molar-refractivity contribution in [2.75, 3.05) is 0 Å². The van der Waals surface area contributed by atoms with Gasteiger partial charge >= 0.3 is 20.8 Å². The molecule has 0 fully saturated rings. The van der Waals surface area contributed by atoms with Gasteiger partial charge in [0, 0.05) is 6.04 Å². The van der Waals surface area contributed by atoms with Crippen LogP contribution in [-0.4, -0.2) is 37.2 Å². The van der Waals surface area contributed by atoms with E-state index < -0.39 is 20.8 Å². The third-order valence-electron chi connectivity index (χ3n) is 0.458. The van der Waals surface area contributed by atoms with Gasteiger partial charge in [-0.25, -0.2) is 5.48 Å². The molecule has 0 spiro atoms. The highest BCUT2D eigenvalue weighted by atomic mass is 32.3. The van der Waals surface area contributed by atoms with Crippen LogP contribution in [0.15, 0.2) is 0 Å². The molecule has 0 aromatic heterocycles. The summed E-state index contributed by atoms with van der Waals surface area (Å²) in [6.45, 7) is 3.72. The van der Waals surface area contributed by atoms with Crippen molar-refractivity contribution in [3.63, 3.8) is 0 Å². The zero-order valence-corrected chi connectivity index (χ0v) is 10.7. The fourth-order valence-electron chi connectivity index (χ4n) is 0.0702. The van der Waals surface area contributed by atoms with Crippen LogP contribution in [0.3, 0.4) is 0 Å². The van der Waals surface area contributed by atoms with E-state index in [-0.39, 0.29) is 18.3 Å². The molecule has 12 nitrogen and oxygen atoms in total. The summed E-state index contributed by atoms with van der Waals surface area (Å²) in [5, 5.41) is 7.89. The van der Waals surface area contributed by atoms with Gasteiger partial charge in [0.05, 0.1) is 0 Å². The number of hydroxylamine groups is 1. The summed E-state index contributed by atoms with van der Waals surface area (Å²) < 4.78 is 58.9. The largest absolute Gasteiger partial charge is 0.425 e. The van der Waals surface area contributed by atoms with E-state index in [9.17, 15) is 16.8 Å². The van der Waals surface area contributed by atoms with Gasteiger partial charge in [-0.2, -0.15) is 16.8 Å². The molecule has 0 atom stereocenters. The standard InChI is InChI=1S/C3H9NO.2H3N.H2O8S2/c1-3(2)4-5;;;1-9(2,3)7-8-10(4,5)6/h3-5H,1-2H3;2*1H3;(H,1,2,3)(H,4,5,6). The number of rotatable bonds is 4. The smallest absolute Gasteiger partial charge is 0.344 e. The fourth-order valence-corrected chi connectivity index (χ4v) is 0.632. The van der Waals surface area contributed by atoms with Gasteiger partial charge in [0.15, 0.2) is 0 Å². The van der Waals surface area contributed by atoms with Crippen LogP contribution in [0.25, 0.3) is 0 Å². The van der Waals surface area contributed by atoms with Crippen LogP contribution in [0.1, 0.15) is 13.8 Å². The average molecular weight is 303 g/mol. The SMILES string of the molecule is CC(C)NO.N.N.O=S(=O)(O)OOS(=O)(=O)O. The highest BCUT2D eigenvalue weighted by Crippen LogP contribution is 1.92. The molecule has 0 saturated carbocycles. The molecule has 0 aromatic carbocycles. The Kier molecular flexibility index (Phi) is 16.0. The van der Waals surface area contributed by atoms with E-state index in [2.05, 4.69) is 8.67 Å². The van der Waals surface area contributed by atoms with Crippen molar-refractivity contribution in [1.82, 2.24) is 17.8 Å². The predicted octanol–water partition coefficient (Wildman–Crippen LogP) is -0.762. The van der Waals surface area contributed by atoms with Crippen molar-refractivity contribution in [2.24, 2.45) is 0 Å². The molecular weight excluding hydrogens is 286 g/mol. The lowest BCUT2D eigenvalue weighted by Gasteiger charge is -1.93. The molecule has 0 bridgehead atoms. The maximum absolute atomic E-state index is 9.51. The van der Waals surface area contributed by atoms with Gasteiger partial charge in [-0.1, -0.05) is 8.67 Å². The fraction of sp³-hybridized carbons (Fsp3) is 1.00. The van der Waals surface area contributed by atoms with E-state index in [1.54, 1.807) is 0 Å². The summed E-state index contributed by atoms with van der Waals surface area (Å²) in [5.41, 5.74) is 2.03. The predicted molar refractivity (Wildman–Crippen MR) is 55.4 cm³/mol. The first-order valence-electron chi connectivity index (χ1n) is 3.20. The molecule has 0 rings (SSSR count). The Balaban J connectivity index is -0.000000105. The maximum Gasteiger partial charge on any atom is 0.425 e. The normalized spacial score (nSPS) is 10.7. The molecule has 14 heteroatoms. The molecule has 10 N–H and O–H groups in total. The minimum Gasteiger partial charge on any atom is -0.344 e. The van der Waals surface area contributed by atoms with Crippen molar-refractivity contribution < 1.29 is 39.8 Å². The molecular formula is C3H17N3O9S2. The highest BCUT2D eigenvalue weighted by molar-refractivity contribution is 7.83. The Morgan fingerprint density at radius 2 is 1.12 bits per heavy atom. The number of nitrogens with one attached hydrogen (secondary N) is 1. The van der Waals surface area contributed by atoms with Crippen molar-refractivity contribution in [3.8, 4) is 0 Å². The van der Waals surface area contributed by atoms with Crippen LogP contribution in [0, 0.1) is 0 Å². The molecule has 0 radical (unpaired) electrons. The lowest BCUT2D eigenvalue weighted by atomic mass is 10.4. The number of hydrogen-bond acceptors (Lipinski definition) is 10. The van der Waals surface area contributed by atoms with E-state index in [1.165, 1.54) is 0 Å². The van der Waals surface area contributed by atoms with Crippen molar-refractivity contribution in [3.05, 3.63) is 0 Å². The van der Waals surface area contributed by atoms with Crippen molar-refractivity contribution in [1.29, 1.82) is 0 Å². The van der Waals surface area contributed by atoms with Gasteiger partial charge in [0.1, 0.15) is 0 Å². The molecule has 0 unspecified atom stereocenters. The molecule has 0 saturated heterocycles. The maximum atomic E-state index is 9.51. The minimum absolute atomic E-state index is 0. The Hall–Kier alpha value is -0.420. The molecule has 0 aromatic rings. The molecule has 110 valence electrons. The van der Waals surface area contributed by atoms with E-state index in [0.29, 0.717) is 0 Å². The molecule has 0 aliphatic heterocycles. The zero-order chi connectivity index (χ0) is 12.7. The summed E-state index contributed by atoms with van der Waals surface area (Å²) in [5.74, 6) is 0. The van der Waals surface area contributed by atoms with Gasteiger partial charge in [0.25, 0.3) is 0 Å². The van der Waals surface area contributed by atoms with Crippen LogP contribution in [0.5, 0.6) is 0 Å². The minimum atomic E-state index is -5.02. The second-order valence-corrected chi connectivity index (χ2v) is 4.26. The van der Waals surface area contributed by atoms with Crippen LogP contribution < -0.4 is 17.8 Å². The third-order valence-corrected chi connectivity index (χ3v) is 1.02. The molecule has 0 amide bonds. The Bertz CT molecular complexity index is 316. The van der Waals surface area contributed by atoms with Crippen molar-refractivity contribution >= 4 is 20.8 Å². The average Bonchev–Trinajstić information content (AvgIpc) is 2.00. The number of hydrogen-bond donors (Lipinski definition) is 6. The van der Waals surface area contributed by atoms with Gasteiger partial charge in [-0.15, -0.1) is 0 Å². The summed E-state index contributed by atoms with van der Waals surface area (Å²) in [6.07, 6.45) is 0. The van der Waals surface area contributed by atoms with Gasteiger partial charge < -0.3 is 17.5 Å². The second-order valence-electron chi connectivity index (χ2n) is 2.28. The summed E-state index contributed by atoms with van der Waals surface area (Å²) in [6, 6.07) is 0.190. The van der Waals surface area contributed by atoms with E-state index in [0.717, 1.165) is 0 Å². The van der Waals surface area contributed by atoms with Crippen LogP contribution in [-0.2, 0) is 29.5 Å². The quantitative estimate of drug-likeness (QED) is 0.213. The van der Waals surface area contributed by atoms with Gasteiger partial charge in [-0.3, -0.25) is 9.11 Å². The first-order valence-corrected chi connectivity index (χ1v) is 5.93. The first kappa shape index (κ1) is 25.4. The van der Waals surface area contributed by atoms with Crippen LogP contribution >= 0.6 is 0 Å². The summed E-state index contributed by atoms with van der Waals surface area (Å²) in [4.78, 5) is 0. The molecule has 0 aliphatic carbocycles. The lowest BCUT2D eigenvalue weighted by Crippen LogP contribution is -2.16. The van der Waals surface area contributed by atoms with Gasteiger partial charge in [-0.05, 0) is 13.8 Å².